The van der Waals surface area contributed by atoms with Crippen molar-refractivity contribution in [1.82, 2.24) is 10.2 Å². The van der Waals surface area contributed by atoms with Crippen molar-refractivity contribution in [2.45, 2.75) is 59.7 Å². The molecule has 1 N–H and O–H groups in total. The van der Waals surface area contributed by atoms with Gasteiger partial charge >= 0.3 is 0 Å². The maximum absolute atomic E-state index is 5.65. The SMILES string of the molecule is CCC(CC)N(C)Cc1occc1CNCC(C)C. The zero-order valence-corrected chi connectivity index (χ0v) is 13.2. The van der Waals surface area contributed by atoms with Crippen LogP contribution >= 0.6 is 0 Å². The molecule has 0 spiro atoms. The molecule has 1 aromatic heterocycles. The molecule has 1 rings (SSSR count). The van der Waals surface area contributed by atoms with Gasteiger partial charge < -0.3 is 9.73 Å². The van der Waals surface area contributed by atoms with Gasteiger partial charge in [0.05, 0.1) is 12.8 Å². The van der Waals surface area contributed by atoms with Crippen LogP contribution in [0.2, 0.25) is 0 Å². The first kappa shape index (κ1) is 16.3. The lowest BCUT2D eigenvalue weighted by Gasteiger charge is -2.25. The van der Waals surface area contributed by atoms with Gasteiger partial charge in [0.1, 0.15) is 5.76 Å². The summed E-state index contributed by atoms with van der Waals surface area (Å²) in [7, 11) is 2.19. The molecule has 3 heteroatoms. The lowest BCUT2D eigenvalue weighted by Crippen LogP contribution is -2.30. The third-order valence-electron chi connectivity index (χ3n) is 3.66. The predicted molar refractivity (Wildman–Crippen MR) is 81.1 cm³/mol. The van der Waals surface area contributed by atoms with Gasteiger partial charge in [-0.3, -0.25) is 4.90 Å². The van der Waals surface area contributed by atoms with E-state index < -0.39 is 0 Å². The van der Waals surface area contributed by atoms with Crippen LogP contribution in [0.1, 0.15) is 51.9 Å². The number of hydrogen-bond acceptors (Lipinski definition) is 3. The van der Waals surface area contributed by atoms with E-state index in [2.05, 4.69) is 51.0 Å². The minimum Gasteiger partial charge on any atom is -0.468 e. The van der Waals surface area contributed by atoms with Gasteiger partial charge in [-0.2, -0.15) is 0 Å². The normalized spacial score (nSPS) is 12.0. The van der Waals surface area contributed by atoms with Crippen LogP contribution in [0.3, 0.4) is 0 Å². The van der Waals surface area contributed by atoms with Gasteiger partial charge in [0.15, 0.2) is 0 Å². The summed E-state index contributed by atoms with van der Waals surface area (Å²) < 4.78 is 5.65. The van der Waals surface area contributed by atoms with Crippen LogP contribution in [0.25, 0.3) is 0 Å². The molecule has 0 aliphatic rings. The number of hydrogen-bond donors (Lipinski definition) is 1. The zero-order chi connectivity index (χ0) is 14.3. The van der Waals surface area contributed by atoms with E-state index in [-0.39, 0.29) is 0 Å². The fourth-order valence-corrected chi connectivity index (χ4v) is 2.43. The van der Waals surface area contributed by atoms with Crippen LogP contribution < -0.4 is 5.32 Å². The molecule has 3 nitrogen and oxygen atoms in total. The third-order valence-corrected chi connectivity index (χ3v) is 3.66. The molecule has 0 aromatic carbocycles. The Hall–Kier alpha value is -0.800. The minimum atomic E-state index is 0.640. The largest absolute Gasteiger partial charge is 0.468 e. The quantitative estimate of drug-likeness (QED) is 0.739. The highest BCUT2D eigenvalue weighted by molar-refractivity contribution is 5.16. The van der Waals surface area contributed by atoms with E-state index in [9.17, 15) is 0 Å². The number of furan rings is 1. The van der Waals surface area contributed by atoms with E-state index in [1.165, 1.54) is 18.4 Å². The second-order valence-corrected chi connectivity index (χ2v) is 5.78. The van der Waals surface area contributed by atoms with Gasteiger partial charge in [0, 0.05) is 18.2 Å². The number of rotatable bonds is 9. The summed E-state index contributed by atoms with van der Waals surface area (Å²) in [5.74, 6) is 1.79. The number of nitrogens with one attached hydrogen (secondary N) is 1. The molecule has 0 aliphatic carbocycles. The molecule has 19 heavy (non-hydrogen) atoms. The van der Waals surface area contributed by atoms with E-state index >= 15 is 0 Å². The van der Waals surface area contributed by atoms with Gasteiger partial charge in [-0.25, -0.2) is 0 Å². The Morgan fingerprint density at radius 1 is 1.26 bits per heavy atom. The molecule has 0 radical (unpaired) electrons. The van der Waals surface area contributed by atoms with E-state index in [1.54, 1.807) is 0 Å². The van der Waals surface area contributed by atoms with Gasteiger partial charge in [-0.05, 0) is 38.4 Å². The van der Waals surface area contributed by atoms with Crippen LogP contribution in [0.15, 0.2) is 16.7 Å². The van der Waals surface area contributed by atoms with Crippen LogP contribution in [0.4, 0.5) is 0 Å². The monoisotopic (exact) mass is 266 g/mol. The van der Waals surface area contributed by atoms with E-state index in [0.29, 0.717) is 12.0 Å². The Morgan fingerprint density at radius 2 is 1.95 bits per heavy atom. The topological polar surface area (TPSA) is 28.4 Å². The van der Waals surface area contributed by atoms with Crippen molar-refractivity contribution in [2.75, 3.05) is 13.6 Å². The summed E-state index contributed by atoms with van der Waals surface area (Å²) >= 11 is 0. The average molecular weight is 266 g/mol. The highest BCUT2D eigenvalue weighted by Crippen LogP contribution is 2.16. The molecule has 0 fully saturated rings. The summed E-state index contributed by atoms with van der Waals surface area (Å²) in [4.78, 5) is 2.39. The minimum absolute atomic E-state index is 0.640. The highest BCUT2D eigenvalue weighted by Gasteiger charge is 2.14. The zero-order valence-electron chi connectivity index (χ0n) is 13.2. The molecule has 0 atom stereocenters. The predicted octanol–water partition coefficient (Wildman–Crippen LogP) is 3.65. The molecule has 0 saturated carbocycles. The smallest absolute Gasteiger partial charge is 0.122 e. The molecule has 0 unspecified atom stereocenters. The van der Waals surface area contributed by atoms with E-state index in [1.807, 2.05) is 6.26 Å². The molecule has 1 aromatic rings. The van der Waals surface area contributed by atoms with Crippen molar-refractivity contribution in [3.8, 4) is 0 Å². The fraction of sp³-hybridized carbons (Fsp3) is 0.750. The summed E-state index contributed by atoms with van der Waals surface area (Å²) in [6.45, 7) is 11.8. The molecular weight excluding hydrogens is 236 g/mol. The second-order valence-electron chi connectivity index (χ2n) is 5.78. The molecule has 0 amide bonds. The van der Waals surface area contributed by atoms with Crippen LogP contribution in [-0.4, -0.2) is 24.5 Å². The Morgan fingerprint density at radius 3 is 2.53 bits per heavy atom. The van der Waals surface area contributed by atoms with Crippen LogP contribution in [-0.2, 0) is 13.1 Å². The summed E-state index contributed by atoms with van der Waals surface area (Å²) in [6, 6.07) is 2.73. The summed E-state index contributed by atoms with van der Waals surface area (Å²) in [5, 5.41) is 3.48. The van der Waals surface area contributed by atoms with Gasteiger partial charge in [-0.15, -0.1) is 0 Å². The lowest BCUT2D eigenvalue weighted by atomic mass is 10.1. The maximum atomic E-state index is 5.65. The Labute approximate surface area is 118 Å². The summed E-state index contributed by atoms with van der Waals surface area (Å²) in [5.41, 5.74) is 1.29. The Bertz CT molecular complexity index is 342. The van der Waals surface area contributed by atoms with Crippen molar-refractivity contribution in [3.63, 3.8) is 0 Å². The molecule has 0 aliphatic heterocycles. The molecule has 0 bridgehead atoms. The lowest BCUT2D eigenvalue weighted by molar-refractivity contribution is 0.204. The van der Waals surface area contributed by atoms with Crippen molar-refractivity contribution >= 4 is 0 Å². The molecular formula is C16H30N2O. The number of nitrogens with zero attached hydrogens (tertiary/aromatic N) is 1. The third kappa shape index (κ3) is 5.37. The molecule has 110 valence electrons. The standard InChI is InChI=1S/C16H30N2O/c1-6-15(7-2)18(5)12-16-14(8-9-19-16)11-17-10-13(3)4/h8-9,13,15,17H,6-7,10-12H2,1-5H3. The first-order valence-corrected chi connectivity index (χ1v) is 7.54. The van der Waals surface area contributed by atoms with Crippen LogP contribution in [0.5, 0.6) is 0 Å². The van der Waals surface area contributed by atoms with Crippen molar-refractivity contribution in [3.05, 3.63) is 23.7 Å². The molecule has 1 heterocycles. The average Bonchev–Trinajstić information content (AvgIpc) is 2.78. The van der Waals surface area contributed by atoms with Crippen molar-refractivity contribution < 1.29 is 4.42 Å². The first-order chi connectivity index (χ1) is 9.08. The fourth-order valence-electron chi connectivity index (χ4n) is 2.43. The van der Waals surface area contributed by atoms with E-state index in [0.717, 1.165) is 25.4 Å². The van der Waals surface area contributed by atoms with Crippen LogP contribution in [0, 0.1) is 5.92 Å². The maximum Gasteiger partial charge on any atom is 0.122 e. The molecule has 0 saturated heterocycles. The van der Waals surface area contributed by atoms with Gasteiger partial charge in [0.25, 0.3) is 0 Å². The van der Waals surface area contributed by atoms with E-state index in [4.69, 9.17) is 4.42 Å². The van der Waals surface area contributed by atoms with Gasteiger partial charge in [-0.1, -0.05) is 27.7 Å². The highest BCUT2D eigenvalue weighted by atomic mass is 16.3. The second kappa shape index (κ2) is 8.39. The Kier molecular flexibility index (Phi) is 7.17. The van der Waals surface area contributed by atoms with Crippen molar-refractivity contribution in [2.24, 2.45) is 5.92 Å². The summed E-state index contributed by atoms with van der Waals surface area (Å²) in [6.07, 6.45) is 4.19. The van der Waals surface area contributed by atoms with Crippen molar-refractivity contribution in [1.29, 1.82) is 0 Å². The van der Waals surface area contributed by atoms with Gasteiger partial charge in [0.2, 0.25) is 0 Å². The Balaban J connectivity index is 2.52. The first-order valence-electron chi connectivity index (χ1n) is 7.54.